The molecule has 0 aromatic carbocycles. The molecule has 1 aliphatic heterocycles. The van der Waals surface area contributed by atoms with Gasteiger partial charge in [-0.2, -0.15) is 4.31 Å². The number of carboxylic acid groups (broad SMARTS) is 1. The van der Waals surface area contributed by atoms with Crippen LogP contribution in [0.1, 0.15) is 26.2 Å². The second-order valence-electron chi connectivity index (χ2n) is 5.34. The fourth-order valence-electron chi connectivity index (χ4n) is 2.38. The van der Waals surface area contributed by atoms with Gasteiger partial charge in [0.25, 0.3) is 0 Å². The lowest BCUT2D eigenvalue weighted by atomic mass is 10.0. The number of hydrogen-bond donors (Lipinski definition) is 1. The molecular formula is C12H22N2O5S. The van der Waals surface area contributed by atoms with E-state index in [0.29, 0.717) is 13.0 Å². The predicted octanol–water partition coefficient (Wildman–Crippen LogP) is -0.0204. The number of sulfonamides is 1. The number of likely N-dealkylation sites (N-methyl/N-ethyl adjacent to an activating group) is 1. The number of nitrogens with zero attached hydrogens (tertiary/aromatic N) is 2. The first kappa shape index (κ1) is 16.9. The molecule has 0 bridgehead atoms. The molecule has 0 spiro atoms. The first-order chi connectivity index (χ1) is 9.14. The molecule has 1 N–H and O–H groups in total. The smallest absolute Gasteiger partial charge is 0.308 e. The third-order valence-electron chi connectivity index (χ3n) is 3.51. The van der Waals surface area contributed by atoms with Crippen molar-refractivity contribution in [1.29, 1.82) is 0 Å². The van der Waals surface area contributed by atoms with Gasteiger partial charge in [-0.25, -0.2) is 8.42 Å². The van der Waals surface area contributed by atoms with E-state index < -0.39 is 28.0 Å². The number of carboxylic acids is 1. The molecule has 1 heterocycles. The fourth-order valence-corrected chi connectivity index (χ4v) is 3.50. The van der Waals surface area contributed by atoms with Crippen LogP contribution in [0.4, 0.5) is 0 Å². The molecule has 7 nitrogen and oxygen atoms in total. The number of carbonyl (C=O) groups excluding carboxylic acids is 1. The second-order valence-corrected chi connectivity index (χ2v) is 7.28. The number of carbonyl (C=O) groups is 2. The molecule has 0 aromatic heterocycles. The number of aliphatic carboxylic acids is 1. The summed E-state index contributed by atoms with van der Waals surface area (Å²) in [4.78, 5) is 24.5. The first-order valence-electron chi connectivity index (χ1n) is 6.59. The van der Waals surface area contributed by atoms with Crippen LogP contribution in [0.2, 0.25) is 0 Å². The molecule has 1 aliphatic rings. The van der Waals surface area contributed by atoms with Gasteiger partial charge in [0.15, 0.2) is 0 Å². The van der Waals surface area contributed by atoms with Crippen molar-refractivity contribution >= 4 is 21.9 Å². The van der Waals surface area contributed by atoms with Gasteiger partial charge >= 0.3 is 5.97 Å². The van der Waals surface area contributed by atoms with Crippen molar-refractivity contribution in [2.45, 2.75) is 32.2 Å². The summed E-state index contributed by atoms with van der Waals surface area (Å²) in [5.74, 6) is -1.99. The van der Waals surface area contributed by atoms with Crippen LogP contribution in [-0.4, -0.2) is 67.0 Å². The molecule has 8 heteroatoms. The summed E-state index contributed by atoms with van der Waals surface area (Å²) < 4.78 is 24.7. The molecule has 116 valence electrons. The summed E-state index contributed by atoms with van der Waals surface area (Å²) in [7, 11) is -1.92. The summed E-state index contributed by atoms with van der Waals surface area (Å²) in [5.41, 5.74) is 0. The van der Waals surface area contributed by atoms with Crippen molar-refractivity contribution in [3.63, 3.8) is 0 Å². The monoisotopic (exact) mass is 306 g/mol. The van der Waals surface area contributed by atoms with Gasteiger partial charge < -0.3 is 10.0 Å². The Bertz CT molecular complexity index is 476. The van der Waals surface area contributed by atoms with Crippen LogP contribution < -0.4 is 0 Å². The van der Waals surface area contributed by atoms with Gasteiger partial charge in [0.2, 0.25) is 15.9 Å². The molecule has 0 saturated carbocycles. The maximum atomic E-state index is 12.3. The molecule has 1 saturated heterocycles. The molecule has 20 heavy (non-hydrogen) atoms. The lowest BCUT2D eigenvalue weighted by molar-refractivity contribution is -0.143. The van der Waals surface area contributed by atoms with Gasteiger partial charge in [-0.05, 0) is 12.8 Å². The van der Waals surface area contributed by atoms with Crippen molar-refractivity contribution < 1.29 is 23.1 Å². The van der Waals surface area contributed by atoms with Crippen LogP contribution in [0, 0.1) is 5.92 Å². The highest BCUT2D eigenvalue weighted by Crippen LogP contribution is 2.21. The van der Waals surface area contributed by atoms with E-state index in [-0.39, 0.29) is 12.5 Å². The third-order valence-corrected chi connectivity index (χ3v) is 4.80. The van der Waals surface area contributed by atoms with Crippen LogP contribution in [0.3, 0.4) is 0 Å². The van der Waals surface area contributed by atoms with Gasteiger partial charge in [0.05, 0.1) is 12.2 Å². The Hall–Kier alpha value is -1.15. The Morgan fingerprint density at radius 2 is 2.00 bits per heavy atom. The largest absolute Gasteiger partial charge is 0.481 e. The lowest BCUT2D eigenvalue weighted by Crippen LogP contribution is -2.52. The molecule has 2 atom stereocenters. The van der Waals surface area contributed by atoms with E-state index in [0.717, 1.165) is 19.1 Å². The van der Waals surface area contributed by atoms with E-state index in [1.54, 1.807) is 0 Å². The Labute approximate surface area is 119 Å². The van der Waals surface area contributed by atoms with Crippen molar-refractivity contribution in [1.82, 2.24) is 9.21 Å². The second kappa shape index (κ2) is 6.53. The minimum Gasteiger partial charge on any atom is -0.481 e. The number of rotatable bonds is 5. The molecule has 1 amide bonds. The van der Waals surface area contributed by atoms with E-state index in [1.165, 1.54) is 23.2 Å². The van der Waals surface area contributed by atoms with E-state index >= 15 is 0 Å². The zero-order valence-corrected chi connectivity index (χ0v) is 12.9. The van der Waals surface area contributed by atoms with Crippen LogP contribution >= 0.6 is 0 Å². The van der Waals surface area contributed by atoms with Crippen molar-refractivity contribution in [3.05, 3.63) is 0 Å². The Morgan fingerprint density at radius 1 is 1.40 bits per heavy atom. The highest BCUT2D eigenvalue weighted by atomic mass is 32.2. The quantitative estimate of drug-likeness (QED) is 0.770. The average Bonchev–Trinajstić information content (AvgIpc) is 2.36. The highest BCUT2D eigenvalue weighted by molar-refractivity contribution is 7.88. The highest BCUT2D eigenvalue weighted by Gasteiger charge is 2.36. The predicted molar refractivity (Wildman–Crippen MR) is 73.6 cm³/mol. The van der Waals surface area contributed by atoms with E-state index in [4.69, 9.17) is 5.11 Å². The number of piperidine rings is 1. The zero-order valence-electron chi connectivity index (χ0n) is 12.1. The fraction of sp³-hybridized carbons (Fsp3) is 0.833. The molecule has 0 unspecified atom stereocenters. The van der Waals surface area contributed by atoms with Crippen molar-refractivity contribution in [3.8, 4) is 0 Å². The van der Waals surface area contributed by atoms with Crippen molar-refractivity contribution in [2.75, 3.05) is 26.4 Å². The minimum absolute atomic E-state index is 0.0717. The van der Waals surface area contributed by atoms with Gasteiger partial charge in [0, 0.05) is 20.1 Å². The van der Waals surface area contributed by atoms with Crippen molar-refractivity contribution in [2.24, 2.45) is 5.92 Å². The van der Waals surface area contributed by atoms with Crippen LogP contribution in [0.25, 0.3) is 0 Å². The molecule has 0 aliphatic carbocycles. The first-order valence-corrected chi connectivity index (χ1v) is 8.44. The Balaban J connectivity index is 2.80. The van der Waals surface area contributed by atoms with Gasteiger partial charge in [-0.15, -0.1) is 0 Å². The van der Waals surface area contributed by atoms with Gasteiger partial charge in [-0.1, -0.05) is 13.3 Å². The summed E-state index contributed by atoms with van der Waals surface area (Å²) >= 11 is 0. The Morgan fingerprint density at radius 3 is 2.50 bits per heavy atom. The van der Waals surface area contributed by atoms with Crippen LogP contribution in [0.5, 0.6) is 0 Å². The van der Waals surface area contributed by atoms with Crippen LogP contribution in [-0.2, 0) is 19.6 Å². The normalized spacial score (nSPS) is 22.2. The molecule has 0 radical (unpaired) electrons. The number of hydrogen-bond acceptors (Lipinski definition) is 4. The summed E-state index contributed by atoms with van der Waals surface area (Å²) in [6.45, 7) is 1.93. The Kier molecular flexibility index (Phi) is 5.52. The van der Waals surface area contributed by atoms with Crippen LogP contribution in [0.15, 0.2) is 0 Å². The van der Waals surface area contributed by atoms with Gasteiger partial charge in [0.1, 0.15) is 6.04 Å². The van der Waals surface area contributed by atoms with E-state index in [1.807, 2.05) is 0 Å². The lowest BCUT2D eigenvalue weighted by Gasteiger charge is -2.35. The zero-order chi connectivity index (χ0) is 15.5. The third kappa shape index (κ3) is 4.17. The number of amides is 1. The molecule has 0 aromatic rings. The minimum atomic E-state index is -3.43. The summed E-state index contributed by atoms with van der Waals surface area (Å²) in [5, 5.41) is 8.86. The molecular weight excluding hydrogens is 284 g/mol. The molecule has 1 fully saturated rings. The van der Waals surface area contributed by atoms with Gasteiger partial charge in [-0.3, -0.25) is 9.59 Å². The maximum absolute atomic E-state index is 12.3. The summed E-state index contributed by atoms with van der Waals surface area (Å²) in [6, 6.07) is -0.704. The van der Waals surface area contributed by atoms with E-state index in [2.05, 4.69) is 0 Å². The van der Waals surface area contributed by atoms with E-state index in [9.17, 15) is 18.0 Å². The SMILES string of the molecule is C[C@@H](CN(C)C(=O)[C@@H]1CCCCN1S(C)(=O)=O)C(=O)O. The molecule has 1 rings (SSSR count). The average molecular weight is 306 g/mol. The summed E-state index contributed by atoms with van der Waals surface area (Å²) in [6.07, 6.45) is 3.12. The topological polar surface area (TPSA) is 95.0 Å². The maximum Gasteiger partial charge on any atom is 0.308 e. The standard InChI is InChI=1S/C12H22N2O5S/c1-9(12(16)17)8-13(2)11(15)10-6-4-5-7-14(10)20(3,18)19/h9-10H,4-8H2,1-3H3,(H,16,17)/t9-,10-/m0/s1.